The van der Waals surface area contributed by atoms with Gasteiger partial charge in [0, 0.05) is 10.9 Å². The minimum absolute atomic E-state index is 0.180. The SMILES string of the molecule is O=C(COc1ccccc1Cl)Nc1nc(-c2ccc3oc(=O)[nH]c3c2)cs1. The third-order valence-electron chi connectivity index (χ3n) is 3.66. The Morgan fingerprint density at radius 3 is 3.00 bits per heavy atom. The first-order valence-electron chi connectivity index (χ1n) is 7.84. The Morgan fingerprint density at radius 1 is 1.30 bits per heavy atom. The zero-order valence-electron chi connectivity index (χ0n) is 13.7. The summed E-state index contributed by atoms with van der Waals surface area (Å²) in [7, 11) is 0. The van der Waals surface area contributed by atoms with E-state index in [0.717, 1.165) is 5.56 Å². The molecule has 0 saturated heterocycles. The smallest absolute Gasteiger partial charge is 0.417 e. The number of H-pyrrole nitrogens is 1. The molecule has 0 saturated carbocycles. The highest BCUT2D eigenvalue weighted by molar-refractivity contribution is 7.14. The highest BCUT2D eigenvalue weighted by atomic mass is 35.5. The van der Waals surface area contributed by atoms with Crippen LogP contribution in [0.5, 0.6) is 5.75 Å². The summed E-state index contributed by atoms with van der Waals surface area (Å²) in [5.41, 5.74) is 2.53. The summed E-state index contributed by atoms with van der Waals surface area (Å²) in [6.45, 7) is -0.180. The summed E-state index contributed by atoms with van der Waals surface area (Å²) >= 11 is 7.27. The van der Waals surface area contributed by atoms with Crippen LogP contribution in [0.25, 0.3) is 22.4 Å². The first kappa shape index (κ1) is 17.3. The molecule has 1 amide bonds. The number of halogens is 1. The lowest BCUT2D eigenvalue weighted by Gasteiger charge is -2.07. The number of aromatic nitrogens is 2. The molecule has 27 heavy (non-hydrogen) atoms. The average molecular weight is 402 g/mol. The molecule has 4 rings (SSSR count). The maximum atomic E-state index is 12.1. The van der Waals surface area contributed by atoms with Crippen LogP contribution < -0.4 is 15.8 Å². The van der Waals surface area contributed by atoms with E-state index >= 15 is 0 Å². The van der Waals surface area contributed by atoms with Crippen molar-refractivity contribution in [3.63, 3.8) is 0 Å². The van der Waals surface area contributed by atoms with Crippen LogP contribution in [0.1, 0.15) is 0 Å². The van der Waals surface area contributed by atoms with Gasteiger partial charge in [-0.1, -0.05) is 23.7 Å². The van der Waals surface area contributed by atoms with Crippen LogP contribution in [0.2, 0.25) is 5.02 Å². The lowest BCUT2D eigenvalue weighted by atomic mass is 10.1. The number of carbonyl (C=O) groups is 1. The number of carbonyl (C=O) groups excluding carboxylic acids is 1. The van der Waals surface area contributed by atoms with Gasteiger partial charge >= 0.3 is 5.76 Å². The highest BCUT2D eigenvalue weighted by Gasteiger charge is 2.11. The molecule has 2 aromatic heterocycles. The summed E-state index contributed by atoms with van der Waals surface area (Å²) in [5, 5.41) is 5.38. The number of hydrogen-bond acceptors (Lipinski definition) is 6. The van der Waals surface area contributed by atoms with Crippen LogP contribution in [-0.2, 0) is 4.79 Å². The molecule has 0 unspecified atom stereocenters. The van der Waals surface area contributed by atoms with Crippen LogP contribution in [0, 0.1) is 0 Å². The average Bonchev–Trinajstić information content (AvgIpc) is 3.25. The third-order valence-corrected chi connectivity index (χ3v) is 4.73. The molecule has 0 aliphatic rings. The van der Waals surface area contributed by atoms with E-state index in [4.69, 9.17) is 20.8 Å². The number of anilines is 1. The van der Waals surface area contributed by atoms with Gasteiger partial charge in [-0.2, -0.15) is 0 Å². The van der Waals surface area contributed by atoms with Crippen molar-refractivity contribution in [1.82, 2.24) is 9.97 Å². The standard InChI is InChI=1S/C18H12ClN3O4S/c19-11-3-1-2-4-14(11)25-8-16(23)22-17-20-13(9-27-17)10-5-6-15-12(7-10)21-18(24)26-15/h1-7,9H,8H2,(H,21,24)(H,20,22,23). The first-order valence-corrected chi connectivity index (χ1v) is 9.10. The monoisotopic (exact) mass is 401 g/mol. The van der Waals surface area contributed by atoms with Crippen molar-refractivity contribution in [3.8, 4) is 17.0 Å². The van der Waals surface area contributed by atoms with Gasteiger partial charge in [0.05, 0.1) is 16.2 Å². The quantitative estimate of drug-likeness (QED) is 0.528. The Hall–Kier alpha value is -3.10. The minimum atomic E-state index is -0.508. The van der Waals surface area contributed by atoms with E-state index in [1.165, 1.54) is 11.3 Å². The number of nitrogens with one attached hydrogen (secondary N) is 2. The predicted molar refractivity (Wildman–Crippen MR) is 104 cm³/mol. The summed E-state index contributed by atoms with van der Waals surface area (Å²) in [5.74, 6) is -0.408. The number of ether oxygens (including phenoxy) is 1. The number of aromatic amines is 1. The van der Waals surface area contributed by atoms with Crippen molar-refractivity contribution in [2.75, 3.05) is 11.9 Å². The van der Waals surface area contributed by atoms with Crippen molar-refractivity contribution >= 4 is 45.1 Å². The number of benzene rings is 2. The normalized spacial score (nSPS) is 10.9. The largest absolute Gasteiger partial charge is 0.482 e. The second kappa shape index (κ2) is 7.26. The third kappa shape index (κ3) is 3.86. The molecule has 0 aliphatic carbocycles. The Balaban J connectivity index is 1.43. The van der Waals surface area contributed by atoms with E-state index in [1.807, 2.05) is 5.38 Å². The van der Waals surface area contributed by atoms with Crippen LogP contribution in [0.3, 0.4) is 0 Å². The van der Waals surface area contributed by atoms with Crippen LogP contribution >= 0.6 is 22.9 Å². The van der Waals surface area contributed by atoms with E-state index in [1.54, 1.807) is 42.5 Å². The fraction of sp³-hybridized carbons (Fsp3) is 0.0556. The second-order valence-corrected chi connectivity index (χ2v) is 6.80. The second-order valence-electron chi connectivity index (χ2n) is 5.53. The Kier molecular flexibility index (Phi) is 4.66. The summed E-state index contributed by atoms with van der Waals surface area (Å²) < 4.78 is 10.4. The number of oxazole rings is 1. The maximum absolute atomic E-state index is 12.1. The zero-order valence-corrected chi connectivity index (χ0v) is 15.3. The van der Waals surface area contributed by atoms with Crippen molar-refractivity contribution < 1.29 is 13.9 Å². The zero-order chi connectivity index (χ0) is 18.8. The fourth-order valence-electron chi connectivity index (χ4n) is 2.44. The molecule has 2 N–H and O–H groups in total. The van der Waals surface area contributed by atoms with Crippen molar-refractivity contribution in [2.45, 2.75) is 0 Å². The number of para-hydroxylation sites is 1. The summed E-state index contributed by atoms with van der Waals surface area (Å²) in [4.78, 5) is 30.3. The molecule has 7 nitrogen and oxygen atoms in total. The Bertz CT molecular complexity index is 1180. The van der Waals surface area contributed by atoms with Gasteiger partial charge in [-0.25, -0.2) is 9.78 Å². The lowest BCUT2D eigenvalue weighted by Crippen LogP contribution is -2.20. The van der Waals surface area contributed by atoms with E-state index in [0.29, 0.717) is 32.7 Å². The van der Waals surface area contributed by atoms with Gasteiger partial charge in [-0.05, 0) is 30.3 Å². The summed E-state index contributed by atoms with van der Waals surface area (Å²) in [6.07, 6.45) is 0. The first-order chi connectivity index (χ1) is 13.1. The molecule has 0 bridgehead atoms. The molecule has 0 spiro atoms. The number of hydrogen-bond donors (Lipinski definition) is 2. The van der Waals surface area contributed by atoms with Crippen molar-refractivity contribution in [2.24, 2.45) is 0 Å². The van der Waals surface area contributed by atoms with Gasteiger partial charge in [0.2, 0.25) is 0 Å². The van der Waals surface area contributed by atoms with E-state index < -0.39 is 5.76 Å². The van der Waals surface area contributed by atoms with Crippen molar-refractivity contribution in [3.05, 3.63) is 63.4 Å². The van der Waals surface area contributed by atoms with Gasteiger partial charge in [0.25, 0.3) is 5.91 Å². The highest BCUT2D eigenvalue weighted by Crippen LogP contribution is 2.27. The molecule has 2 aromatic carbocycles. The molecule has 0 fully saturated rings. The number of amides is 1. The number of fused-ring (bicyclic) bond motifs is 1. The molecule has 136 valence electrons. The number of nitrogens with zero attached hydrogens (tertiary/aromatic N) is 1. The topological polar surface area (TPSA) is 97.2 Å². The van der Waals surface area contributed by atoms with Crippen molar-refractivity contribution in [1.29, 1.82) is 0 Å². The van der Waals surface area contributed by atoms with Gasteiger partial charge in [0.1, 0.15) is 5.75 Å². The number of rotatable bonds is 5. The lowest BCUT2D eigenvalue weighted by molar-refractivity contribution is -0.118. The molecule has 0 atom stereocenters. The summed E-state index contributed by atoms with van der Waals surface area (Å²) in [6, 6.07) is 12.2. The predicted octanol–water partition coefficient (Wildman–Crippen LogP) is 3.92. The van der Waals surface area contributed by atoms with Gasteiger partial charge < -0.3 is 9.15 Å². The van der Waals surface area contributed by atoms with E-state index in [2.05, 4.69) is 15.3 Å². The molecule has 2 heterocycles. The van der Waals surface area contributed by atoms with Crippen LogP contribution in [-0.4, -0.2) is 22.5 Å². The molecule has 0 aliphatic heterocycles. The number of thiazole rings is 1. The fourth-order valence-corrected chi connectivity index (χ4v) is 3.36. The van der Waals surface area contributed by atoms with Crippen LogP contribution in [0.4, 0.5) is 5.13 Å². The van der Waals surface area contributed by atoms with Gasteiger partial charge in [-0.15, -0.1) is 11.3 Å². The molecular weight excluding hydrogens is 390 g/mol. The van der Waals surface area contributed by atoms with Crippen LogP contribution in [0.15, 0.2) is 57.1 Å². The van der Waals surface area contributed by atoms with Gasteiger partial charge in [0.15, 0.2) is 17.3 Å². The minimum Gasteiger partial charge on any atom is -0.482 e. The molecular formula is C18H12ClN3O4S. The molecule has 9 heteroatoms. The molecule has 0 radical (unpaired) electrons. The van der Waals surface area contributed by atoms with E-state index in [9.17, 15) is 9.59 Å². The van der Waals surface area contributed by atoms with E-state index in [-0.39, 0.29) is 12.5 Å². The Morgan fingerprint density at radius 2 is 2.15 bits per heavy atom. The molecule has 4 aromatic rings. The maximum Gasteiger partial charge on any atom is 0.417 e. The van der Waals surface area contributed by atoms with Gasteiger partial charge in [-0.3, -0.25) is 15.1 Å². The Labute approximate surface area is 161 Å².